The standard InChI is InChI=1S/C11H16N2O3S/c1-8-5-6-9(7-10(8)12-14)17(15,16)13-11(2,3)4/h5-7,13H,1-4H3. The Morgan fingerprint density at radius 2 is 1.82 bits per heavy atom. The van der Waals surface area contributed by atoms with Crippen LogP contribution in [0.3, 0.4) is 0 Å². The predicted molar refractivity (Wildman–Crippen MR) is 66.7 cm³/mol. The molecule has 1 rings (SSSR count). The van der Waals surface area contributed by atoms with E-state index in [-0.39, 0.29) is 10.6 Å². The highest BCUT2D eigenvalue weighted by molar-refractivity contribution is 7.89. The minimum Gasteiger partial charge on any atom is -0.207 e. The Morgan fingerprint density at radius 3 is 2.29 bits per heavy atom. The second-order valence-electron chi connectivity index (χ2n) is 4.90. The highest BCUT2D eigenvalue weighted by Crippen LogP contribution is 2.23. The lowest BCUT2D eigenvalue weighted by Gasteiger charge is -2.20. The van der Waals surface area contributed by atoms with Crippen LogP contribution in [0.5, 0.6) is 0 Å². The van der Waals surface area contributed by atoms with Gasteiger partial charge in [-0.1, -0.05) is 6.07 Å². The van der Waals surface area contributed by atoms with Gasteiger partial charge in [0.1, 0.15) is 5.69 Å². The molecule has 0 saturated carbocycles. The van der Waals surface area contributed by atoms with E-state index in [0.29, 0.717) is 5.56 Å². The molecule has 0 aliphatic heterocycles. The number of sulfonamides is 1. The van der Waals surface area contributed by atoms with Gasteiger partial charge in [0.2, 0.25) is 10.0 Å². The minimum absolute atomic E-state index is 0.0487. The Hall–Kier alpha value is -1.27. The summed E-state index contributed by atoms with van der Waals surface area (Å²) in [4.78, 5) is 10.6. The van der Waals surface area contributed by atoms with Crippen molar-refractivity contribution in [1.29, 1.82) is 0 Å². The third-order valence-corrected chi connectivity index (χ3v) is 3.79. The summed E-state index contributed by atoms with van der Waals surface area (Å²) in [5, 5.41) is 2.80. The van der Waals surface area contributed by atoms with Crippen LogP contribution in [0, 0.1) is 11.8 Å². The number of benzene rings is 1. The molecule has 0 aliphatic rings. The van der Waals surface area contributed by atoms with Crippen molar-refractivity contribution in [2.24, 2.45) is 5.18 Å². The number of rotatable bonds is 3. The van der Waals surface area contributed by atoms with Gasteiger partial charge in [-0.05, 0) is 50.6 Å². The van der Waals surface area contributed by atoms with Crippen molar-refractivity contribution in [1.82, 2.24) is 4.72 Å². The number of hydrogen-bond acceptors (Lipinski definition) is 4. The molecule has 6 heteroatoms. The van der Waals surface area contributed by atoms with E-state index in [1.165, 1.54) is 12.1 Å². The molecule has 0 atom stereocenters. The molecular weight excluding hydrogens is 240 g/mol. The lowest BCUT2D eigenvalue weighted by Crippen LogP contribution is -2.40. The molecule has 0 bridgehead atoms. The third-order valence-electron chi connectivity index (χ3n) is 2.03. The van der Waals surface area contributed by atoms with Gasteiger partial charge in [-0.3, -0.25) is 0 Å². The first kappa shape index (κ1) is 13.8. The average Bonchev–Trinajstić information content (AvgIpc) is 2.14. The van der Waals surface area contributed by atoms with Crippen molar-refractivity contribution in [2.45, 2.75) is 38.1 Å². The first-order valence-corrected chi connectivity index (χ1v) is 6.62. The Balaban J connectivity index is 3.21. The Kier molecular flexibility index (Phi) is 3.68. The summed E-state index contributed by atoms with van der Waals surface area (Å²) in [6, 6.07) is 4.29. The van der Waals surface area contributed by atoms with E-state index >= 15 is 0 Å². The molecule has 1 N–H and O–H groups in total. The van der Waals surface area contributed by atoms with Crippen LogP contribution in [-0.4, -0.2) is 14.0 Å². The smallest absolute Gasteiger partial charge is 0.207 e. The molecule has 0 heterocycles. The van der Waals surface area contributed by atoms with Crippen molar-refractivity contribution < 1.29 is 8.42 Å². The quantitative estimate of drug-likeness (QED) is 0.844. The molecule has 17 heavy (non-hydrogen) atoms. The summed E-state index contributed by atoms with van der Waals surface area (Å²) in [5.41, 5.74) is 0.217. The van der Waals surface area contributed by atoms with Crippen LogP contribution in [0.25, 0.3) is 0 Å². The van der Waals surface area contributed by atoms with Crippen LogP contribution in [0.4, 0.5) is 5.69 Å². The summed E-state index contributed by atoms with van der Waals surface area (Å²) in [6.45, 7) is 6.94. The monoisotopic (exact) mass is 256 g/mol. The van der Waals surface area contributed by atoms with Crippen LogP contribution in [0.2, 0.25) is 0 Å². The Labute approximate surface area is 101 Å². The van der Waals surface area contributed by atoms with Gasteiger partial charge >= 0.3 is 0 Å². The van der Waals surface area contributed by atoms with Gasteiger partial charge in [0.05, 0.1) is 4.90 Å². The molecule has 0 fully saturated rings. The zero-order valence-corrected chi connectivity index (χ0v) is 11.1. The lowest BCUT2D eigenvalue weighted by atomic mass is 10.1. The van der Waals surface area contributed by atoms with Gasteiger partial charge < -0.3 is 0 Å². The molecule has 0 amide bonds. The molecule has 5 nitrogen and oxygen atoms in total. The number of nitroso groups, excluding NO2 is 1. The summed E-state index contributed by atoms with van der Waals surface area (Å²) >= 11 is 0. The molecule has 94 valence electrons. The van der Waals surface area contributed by atoms with E-state index in [4.69, 9.17) is 0 Å². The van der Waals surface area contributed by atoms with Crippen LogP contribution in [0.1, 0.15) is 26.3 Å². The van der Waals surface area contributed by atoms with E-state index in [2.05, 4.69) is 9.90 Å². The summed E-state index contributed by atoms with van der Waals surface area (Å²) < 4.78 is 26.5. The lowest BCUT2D eigenvalue weighted by molar-refractivity contribution is 0.491. The van der Waals surface area contributed by atoms with Crippen LogP contribution in [0.15, 0.2) is 28.3 Å². The van der Waals surface area contributed by atoms with Crippen LogP contribution >= 0.6 is 0 Å². The largest absolute Gasteiger partial charge is 0.241 e. The summed E-state index contributed by atoms with van der Waals surface area (Å²) in [5.74, 6) is 0. The van der Waals surface area contributed by atoms with Crippen molar-refractivity contribution in [3.05, 3.63) is 28.7 Å². The fourth-order valence-corrected chi connectivity index (χ4v) is 2.75. The highest BCUT2D eigenvalue weighted by Gasteiger charge is 2.22. The van der Waals surface area contributed by atoms with E-state index in [0.717, 1.165) is 0 Å². The maximum atomic E-state index is 12.0. The fourth-order valence-electron chi connectivity index (χ4n) is 1.32. The molecule has 0 aromatic heterocycles. The average molecular weight is 256 g/mol. The highest BCUT2D eigenvalue weighted by atomic mass is 32.2. The van der Waals surface area contributed by atoms with E-state index in [1.54, 1.807) is 33.8 Å². The predicted octanol–water partition coefficient (Wildman–Crippen LogP) is 2.47. The molecule has 1 aromatic rings. The molecule has 0 unspecified atom stereocenters. The van der Waals surface area contributed by atoms with Gasteiger partial charge in [-0.25, -0.2) is 13.1 Å². The van der Waals surface area contributed by atoms with Gasteiger partial charge in [-0.15, -0.1) is 4.91 Å². The molecule has 0 radical (unpaired) electrons. The van der Waals surface area contributed by atoms with Gasteiger partial charge in [0.15, 0.2) is 0 Å². The van der Waals surface area contributed by atoms with Crippen molar-refractivity contribution in [2.75, 3.05) is 0 Å². The van der Waals surface area contributed by atoms with Gasteiger partial charge in [0, 0.05) is 5.54 Å². The number of aryl methyl sites for hydroxylation is 1. The molecular formula is C11H16N2O3S. The zero-order chi connectivity index (χ0) is 13.3. The second kappa shape index (κ2) is 4.54. The third kappa shape index (κ3) is 3.61. The van der Waals surface area contributed by atoms with E-state index in [9.17, 15) is 13.3 Å². The first-order chi connectivity index (χ1) is 7.65. The maximum Gasteiger partial charge on any atom is 0.241 e. The summed E-state index contributed by atoms with van der Waals surface area (Å²) in [7, 11) is -3.62. The van der Waals surface area contributed by atoms with Crippen molar-refractivity contribution in [3.63, 3.8) is 0 Å². The van der Waals surface area contributed by atoms with Crippen molar-refractivity contribution in [3.8, 4) is 0 Å². The maximum absolute atomic E-state index is 12.0. The van der Waals surface area contributed by atoms with Crippen LogP contribution < -0.4 is 4.72 Å². The SMILES string of the molecule is Cc1ccc(S(=O)(=O)NC(C)(C)C)cc1N=O. The summed E-state index contributed by atoms with van der Waals surface area (Å²) in [6.07, 6.45) is 0. The molecule has 0 spiro atoms. The van der Waals surface area contributed by atoms with Crippen LogP contribution in [-0.2, 0) is 10.0 Å². The number of hydrogen-bond donors (Lipinski definition) is 1. The Morgan fingerprint density at radius 1 is 1.24 bits per heavy atom. The Bertz CT molecular complexity index is 530. The van der Waals surface area contributed by atoms with E-state index in [1.807, 2.05) is 0 Å². The van der Waals surface area contributed by atoms with Gasteiger partial charge in [0.25, 0.3) is 0 Å². The topological polar surface area (TPSA) is 75.6 Å². The molecule has 0 aliphatic carbocycles. The normalized spacial score (nSPS) is 12.5. The van der Waals surface area contributed by atoms with Gasteiger partial charge in [-0.2, -0.15) is 0 Å². The number of nitrogens with one attached hydrogen (secondary N) is 1. The first-order valence-electron chi connectivity index (χ1n) is 5.14. The molecule has 1 aromatic carbocycles. The molecule has 0 saturated heterocycles. The number of nitrogens with zero attached hydrogens (tertiary/aromatic N) is 1. The van der Waals surface area contributed by atoms with E-state index < -0.39 is 15.6 Å². The second-order valence-corrected chi connectivity index (χ2v) is 6.58. The minimum atomic E-state index is -3.62. The van der Waals surface area contributed by atoms with Crippen molar-refractivity contribution >= 4 is 15.7 Å². The fraction of sp³-hybridized carbons (Fsp3) is 0.455. The zero-order valence-electron chi connectivity index (χ0n) is 10.3.